The van der Waals surface area contributed by atoms with E-state index in [4.69, 9.17) is 0 Å². The number of nitrogens with zero attached hydrogens (tertiary/aromatic N) is 1. The van der Waals surface area contributed by atoms with Crippen molar-refractivity contribution in [1.29, 1.82) is 0 Å². The molecule has 0 aromatic heterocycles. The summed E-state index contributed by atoms with van der Waals surface area (Å²) in [5, 5.41) is 0. The first-order valence-corrected chi connectivity index (χ1v) is 10.1. The molecule has 1 fully saturated rings. The Morgan fingerprint density at radius 2 is 2.14 bits per heavy atom. The van der Waals surface area contributed by atoms with Crippen molar-refractivity contribution in [1.82, 2.24) is 4.90 Å². The van der Waals surface area contributed by atoms with Crippen LogP contribution < -0.4 is 0 Å². The van der Waals surface area contributed by atoms with E-state index in [1.165, 1.54) is 17.8 Å². The van der Waals surface area contributed by atoms with Crippen LogP contribution in [-0.2, 0) is 14.6 Å². The third kappa shape index (κ3) is 4.46. The maximum absolute atomic E-state index is 13.5. The number of carbonyl (C=O) groups excluding carboxylic acids is 1. The summed E-state index contributed by atoms with van der Waals surface area (Å²) in [4.78, 5) is 14.4. The summed E-state index contributed by atoms with van der Waals surface area (Å²) in [6.45, 7) is 2.36. The molecule has 0 spiro atoms. The third-order valence-corrected chi connectivity index (χ3v) is 6.52. The number of hydrogen-bond acceptors (Lipinski definition) is 4. The van der Waals surface area contributed by atoms with Gasteiger partial charge >= 0.3 is 0 Å². The Balaban J connectivity index is 1.87. The van der Waals surface area contributed by atoms with Gasteiger partial charge in [-0.1, -0.05) is 12.1 Å². The first-order valence-electron chi connectivity index (χ1n) is 7.30. The molecular weight excluding hydrogens is 325 g/mol. The summed E-state index contributed by atoms with van der Waals surface area (Å²) in [7, 11) is -3.00. The van der Waals surface area contributed by atoms with Crippen molar-refractivity contribution in [2.24, 2.45) is 0 Å². The van der Waals surface area contributed by atoms with Crippen LogP contribution in [0.2, 0.25) is 0 Å². The van der Waals surface area contributed by atoms with Gasteiger partial charge in [-0.25, -0.2) is 12.8 Å². The second kappa shape index (κ2) is 7.46. The van der Waals surface area contributed by atoms with Crippen LogP contribution in [0.1, 0.15) is 19.8 Å². The van der Waals surface area contributed by atoms with Gasteiger partial charge in [0.05, 0.1) is 11.5 Å². The van der Waals surface area contributed by atoms with E-state index in [1.54, 1.807) is 23.1 Å². The van der Waals surface area contributed by atoms with Gasteiger partial charge in [0.1, 0.15) is 5.82 Å². The lowest BCUT2D eigenvalue weighted by Crippen LogP contribution is -2.41. The second-order valence-electron chi connectivity index (χ2n) is 5.27. The Hall–Kier alpha value is -1.08. The minimum absolute atomic E-state index is 0.0616. The van der Waals surface area contributed by atoms with E-state index >= 15 is 0 Å². The Kier molecular flexibility index (Phi) is 5.86. The van der Waals surface area contributed by atoms with Gasteiger partial charge in [0.2, 0.25) is 5.91 Å². The summed E-state index contributed by atoms with van der Waals surface area (Å²) in [5.41, 5.74) is 0. The summed E-state index contributed by atoms with van der Waals surface area (Å²) in [6, 6.07) is 6.26. The first kappa shape index (κ1) is 17.3. The minimum Gasteiger partial charge on any atom is -0.339 e. The largest absolute Gasteiger partial charge is 0.339 e. The molecule has 0 unspecified atom stereocenters. The fraction of sp³-hybridized carbons (Fsp3) is 0.533. The number of hydrogen-bond donors (Lipinski definition) is 0. The highest BCUT2D eigenvalue weighted by atomic mass is 32.2. The highest BCUT2D eigenvalue weighted by Gasteiger charge is 2.33. The summed E-state index contributed by atoms with van der Waals surface area (Å²) in [5.74, 6) is 0.358. The molecule has 1 aliphatic heterocycles. The first-order chi connectivity index (χ1) is 10.4. The monoisotopic (exact) mass is 345 g/mol. The third-order valence-electron chi connectivity index (χ3n) is 3.72. The molecule has 1 aromatic carbocycles. The molecule has 122 valence electrons. The number of sulfone groups is 1. The van der Waals surface area contributed by atoms with Gasteiger partial charge in [-0.3, -0.25) is 4.79 Å². The SMILES string of the molecule is CCN(C(=O)CCSc1ccccc1F)[C@H]1CCS(=O)(=O)C1. The minimum atomic E-state index is -3.00. The summed E-state index contributed by atoms with van der Waals surface area (Å²) < 4.78 is 36.6. The van der Waals surface area contributed by atoms with Gasteiger partial charge in [-0.05, 0) is 25.5 Å². The van der Waals surface area contributed by atoms with Crippen LogP contribution in [0.4, 0.5) is 4.39 Å². The van der Waals surface area contributed by atoms with E-state index < -0.39 is 9.84 Å². The Morgan fingerprint density at radius 3 is 2.73 bits per heavy atom. The zero-order valence-electron chi connectivity index (χ0n) is 12.5. The topological polar surface area (TPSA) is 54.5 Å². The summed E-state index contributed by atoms with van der Waals surface area (Å²) in [6.07, 6.45) is 0.797. The molecule has 0 bridgehead atoms. The van der Waals surface area contributed by atoms with Gasteiger partial charge in [0, 0.05) is 29.7 Å². The van der Waals surface area contributed by atoms with E-state index in [-0.39, 0.29) is 35.7 Å². The molecule has 1 heterocycles. The molecule has 0 N–H and O–H groups in total. The van der Waals surface area contributed by atoms with E-state index in [0.717, 1.165) is 0 Å². The molecule has 2 rings (SSSR count). The standard InChI is InChI=1S/C15H20FNO3S2/c1-2-17(12-8-10-22(19,20)11-12)15(18)7-9-21-14-6-4-3-5-13(14)16/h3-6,12H,2,7-11H2,1H3/t12-/m0/s1. The van der Waals surface area contributed by atoms with Crippen LogP contribution in [-0.4, -0.2) is 49.1 Å². The molecule has 0 radical (unpaired) electrons. The predicted molar refractivity (Wildman–Crippen MR) is 86.2 cm³/mol. The van der Waals surface area contributed by atoms with Crippen LogP contribution in [0.15, 0.2) is 29.2 Å². The second-order valence-corrected chi connectivity index (χ2v) is 8.63. The van der Waals surface area contributed by atoms with Crippen LogP contribution in [0.25, 0.3) is 0 Å². The van der Waals surface area contributed by atoms with Crippen molar-refractivity contribution in [2.75, 3.05) is 23.8 Å². The van der Waals surface area contributed by atoms with Crippen LogP contribution in [0.3, 0.4) is 0 Å². The zero-order valence-corrected chi connectivity index (χ0v) is 14.1. The maximum Gasteiger partial charge on any atom is 0.223 e. The lowest BCUT2D eigenvalue weighted by atomic mass is 10.2. The fourth-order valence-electron chi connectivity index (χ4n) is 2.61. The normalized spacial score (nSPS) is 20.0. The highest BCUT2D eigenvalue weighted by Crippen LogP contribution is 2.23. The van der Waals surface area contributed by atoms with Crippen molar-refractivity contribution in [2.45, 2.75) is 30.7 Å². The Bertz CT molecular complexity index is 633. The van der Waals surface area contributed by atoms with Crippen molar-refractivity contribution in [3.05, 3.63) is 30.1 Å². The van der Waals surface area contributed by atoms with Crippen molar-refractivity contribution in [3.63, 3.8) is 0 Å². The van der Waals surface area contributed by atoms with Crippen molar-refractivity contribution >= 4 is 27.5 Å². The number of halogens is 1. The van der Waals surface area contributed by atoms with Gasteiger partial charge in [-0.15, -0.1) is 11.8 Å². The molecule has 4 nitrogen and oxygen atoms in total. The number of thioether (sulfide) groups is 1. The Labute approximate surface area is 135 Å². The molecule has 0 aliphatic carbocycles. The average molecular weight is 345 g/mol. The number of carbonyl (C=O) groups is 1. The quantitative estimate of drug-likeness (QED) is 0.743. The molecule has 7 heteroatoms. The average Bonchev–Trinajstić information content (AvgIpc) is 2.82. The van der Waals surface area contributed by atoms with Crippen LogP contribution in [0.5, 0.6) is 0 Å². The number of benzene rings is 1. The van der Waals surface area contributed by atoms with Gasteiger partial charge in [0.15, 0.2) is 9.84 Å². The fourth-order valence-corrected chi connectivity index (χ4v) is 5.22. The summed E-state index contributed by atoms with van der Waals surface area (Å²) >= 11 is 1.30. The van der Waals surface area contributed by atoms with E-state index in [2.05, 4.69) is 0 Å². The molecule has 1 aliphatic rings. The molecule has 22 heavy (non-hydrogen) atoms. The molecule has 1 aromatic rings. The molecular formula is C15H20FNO3S2. The molecule has 1 amide bonds. The zero-order chi connectivity index (χ0) is 16.2. The van der Waals surface area contributed by atoms with Crippen LogP contribution >= 0.6 is 11.8 Å². The lowest BCUT2D eigenvalue weighted by molar-refractivity contribution is -0.132. The van der Waals surface area contributed by atoms with Gasteiger partial charge < -0.3 is 4.90 Å². The maximum atomic E-state index is 13.5. The molecule has 1 atom stereocenters. The van der Waals surface area contributed by atoms with Crippen LogP contribution in [0, 0.1) is 5.82 Å². The van der Waals surface area contributed by atoms with Gasteiger partial charge in [-0.2, -0.15) is 0 Å². The van der Waals surface area contributed by atoms with E-state index in [0.29, 0.717) is 23.6 Å². The smallest absolute Gasteiger partial charge is 0.223 e. The molecule has 0 saturated carbocycles. The Morgan fingerprint density at radius 1 is 1.41 bits per heavy atom. The van der Waals surface area contributed by atoms with E-state index in [9.17, 15) is 17.6 Å². The number of amides is 1. The lowest BCUT2D eigenvalue weighted by Gasteiger charge is -2.26. The molecule has 1 saturated heterocycles. The van der Waals surface area contributed by atoms with Crippen molar-refractivity contribution in [3.8, 4) is 0 Å². The highest BCUT2D eigenvalue weighted by molar-refractivity contribution is 7.99. The number of rotatable bonds is 6. The predicted octanol–water partition coefficient (Wildman–Crippen LogP) is 2.34. The van der Waals surface area contributed by atoms with Gasteiger partial charge in [0.25, 0.3) is 0 Å². The van der Waals surface area contributed by atoms with Crippen molar-refractivity contribution < 1.29 is 17.6 Å². The van der Waals surface area contributed by atoms with E-state index in [1.807, 2.05) is 6.92 Å².